The fourth-order valence-electron chi connectivity index (χ4n) is 9.44. The number of para-hydroxylation sites is 4. The minimum atomic E-state index is -0.244. The third-order valence-electron chi connectivity index (χ3n) is 14.2. The molecule has 0 aliphatic carbocycles. The molecule has 2 aliphatic rings. The third kappa shape index (κ3) is 10.4. The number of anilines is 8. The molecule has 392 valence electrons. The number of fused-ring (bicyclic) bond motifs is 2. The lowest BCUT2D eigenvalue weighted by atomic mass is 9.87. The molecule has 8 rings (SSSR count). The maximum atomic E-state index is 5.47. The Balaban J connectivity index is 1.68. The smallest absolute Gasteiger partial charge is 0.166 e. The van der Waals surface area contributed by atoms with Crippen LogP contribution < -0.4 is 19.6 Å². The molecule has 0 bridgehead atoms. The van der Waals surface area contributed by atoms with Crippen LogP contribution >= 0.6 is 0 Å². The van der Waals surface area contributed by atoms with E-state index in [9.17, 15) is 0 Å². The number of hydrogen-bond acceptors (Lipinski definition) is 8. The van der Waals surface area contributed by atoms with Gasteiger partial charge in [0.15, 0.2) is 11.6 Å². The van der Waals surface area contributed by atoms with Crippen LogP contribution in [-0.2, 0) is 43.3 Å². The van der Waals surface area contributed by atoms with Gasteiger partial charge in [0.05, 0.1) is 45.5 Å². The highest BCUT2D eigenvalue weighted by molar-refractivity contribution is 6.00. The first-order valence-corrected chi connectivity index (χ1v) is 27.0. The molecular formula is C66H88N8. The Morgan fingerprint density at radius 1 is 0.230 bits per heavy atom. The average molecular weight is 993 g/mol. The second kappa shape index (κ2) is 17.8. The van der Waals surface area contributed by atoms with Gasteiger partial charge in [-0.15, -0.1) is 0 Å². The van der Waals surface area contributed by atoms with Gasteiger partial charge in [0.2, 0.25) is 0 Å². The Morgan fingerprint density at radius 3 is 0.486 bits per heavy atom. The van der Waals surface area contributed by atoms with Crippen LogP contribution in [0.2, 0.25) is 0 Å². The van der Waals surface area contributed by atoms with E-state index in [1.807, 2.05) is 0 Å². The SMILES string of the molecule is CC(C)(C)c1cc(N2C(=C3N(c4cc(C(C)(C)C)nc(C(C)(C)C)c4)c4ccccc4N3c3cc(C(C)(C)C)nc(C(C)(C)C)c3)N(c3cc(C(C)(C)C)nc(C(C)(C)C)c3)c3ccccc32)cc(C(C)(C)C)n1. The summed E-state index contributed by atoms with van der Waals surface area (Å²) in [6.07, 6.45) is 0. The molecule has 0 unspecified atom stereocenters. The Bertz CT molecular complexity index is 2600. The predicted molar refractivity (Wildman–Crippen MR) is 315 cm³/mol. The minimum absolute atomic E-state index is 0.244. The molecule has 0 N–H and O–H groups in total. The summed E-state index contributed by atoms with van der Waals surface area (Å²) in [5.74, 6) is 1.97. The molecule has 0 fully saturated rings. The Kier molecular flexibility index (Phi) is 13.1. The van der Waals surface area contributed by atoms with Gasteiger partial charge in [0, 0.05) is 88.9 Å². The van der Waals surface area contributed by atoms with Gasteiger partial charge in [0.25, 0.3) is 0 Å². The van der Waals surface area contributed by atoms with Crippen LogP contribution in [-0.4, -0.2) is 19.9 Å². The van der Waals surface area contributed by atoms with Gasteiger partial charge in [0.1, 0.15) is 0 Å². The number of nitrogens with zero attached hydrogens (tertiary/aromatic N) is 8. The van der Waals surface area contributed by atoms with E-state index >= 15 is 0 Å². The molecule has 0 atom stereocenters. The van der Waals surface area contributed by atoms with Crippen molar-refractivity contribution in [2.75, 3.05) is 19.6 Å². The third-order valence-corrected chi connectivity index (χ3v) is 14.2. The molecule has 74 heavy (non-hydrogen) atoms. The number of rotatable bonds is 4. The van der Waals surface area contributed by atoms with Gasteiger partial charge in [-0.2, -0.15) is 0 Å². The van der Waals surface area contributed by atoms with Crippen molar-refractivity contribution in [2.45, 2.75) is 209 Å². The molecule has 6 heterocycles. The average Bonchev–Trinajstić information content (AvgIpc) is 3.79. The Hall–Kier alpha value is -6.02. The van der Waals surface area contributed by atoms with Crippen LogP contribution in [0.25, 0.3) is 0 Å². The monoisotopic (exact) mass is 993 g/mol. The lowest BCUT2D eigenvalue weighted by Crippen LogP contribution is -2.35. The fraction of sp³-hybridized carbons (Fsp3) is 0.485. The van der Waals surface area contributed by atoms with Gasteiger partial charge in [-0.3, -0.25) is 39.5 Å². The summed E-state index contributed by atoms with van der Waals surface area (Å²) in [5.41, 5.74) is 14.8. The highest BCUT2D eigenvalue weighted by Crippen LogP contribution is 2.58. The Morgan fingerprint density at radius 2 is 0.365 bits per heavy atom. The summed E-state index contributed by atoms with van der Waals surface area (Å²) in [5, 5.41) is 0. The standard InChI is InChI=1S/C66H88N8/c1-59(2,3)49-33-41(34-50(67-49)60(4,5)6)71-45-29-25-26-30-46(45)72(42-35-51(61(7,8)9)68-52(36-42)62(10,11)12)57(71)58-73(43-37-53(63(13,14)15)69-54(38-43)64(16,17)18)47-31-27-28-32-48(47)74(58)44-39-55(65(19,20)21)70-56(40-44)66(22,23)24/h25-40H,1-24H3. The summed E-state index contributed by atoms with van der Waals surface area (Å²) >= 11 is 0. The van der Waals surface area contributed by atoms with Gasteiger partial charge in [-0.1, -0.05) is 190 Å². The number of hydrogen-bond donors (Lipinski definition) is 0. The van der Waals surface area contributed by atoms with Crippen LogP contribution in [0.15, 0.2) is 109 Å². The number of pyridine rings is 4. The van der Waals surface area contributed by atoms with Crippen LogP contribution in [0.3, 0.4) is 0 Å². The molecule has 2 aliphatic heterocycles. The van der Waals surface area contributed by atoms with E-state index < -0.39 is 0 Å². The van der Waals surface area contributed by atoms with Gasteiger partial charge in [-0.05, 0) is 72.8 Å². The van der Waals surface area contributed by atoms with Crippen molar-refractivity contribution in [1.29, 1.82) is 0 Å². The second-order valence-corrected chi connectivity index (χ2v) is 29.3. The molecule has 0 saturated carbocycles. The largest absolute Gasteiger partial charge is 0.291 e. The van der Waals surface area contributed by atoms with Gasteiger partial charge >= 0.3 is 0 Å². The van der Waals surface area contributed by atoms with Crippen molar-refractivity contribution >= 4 is 45.5 Å². The van der Waals surface area contributed by atoms with E-state index in [2.05, 4.69) is 283 Å². The molecule has 0 spiro atoms. The maximum Gasteiger partial charge on any atom is 0.166 e. The first-order chi connectivity index (χ1) is 33.7. The molecule has 0 radical (unpaired) electrons. The lowest BCUT2D eigenvalue weighted by molar-refractivity contribution is 0.530. The first-order valence-electron chi connectivity index (χ1n) is 27.0. The molecule has 6 aromatic rings. The van der Waals surface area contributed by atoms with E-state index in [-0.39, 0.29) is 43.3 Å². The minimum Gasteiger partial charge on any atom is -0.291 e. The highest BCUT2D eigenvalue weighted by atomic mass is 15.5. The summed E-state index contributed by atoms with van der Waals surface area (Å²) in [6.45, 7) is 54.6. The Labute approximate surface area is 446 Å². The zero-order valence-corrected chi connectivity index (χ0v) is 49.8. The van der Waals surface area contributed by atoms with Crippen molar-refractivity contribution in [3.05, 3.63) is 154 Å². The van der Waals surface area contributed by atoms with Crippen molar-refractivity contribution in [3.63, 3.8) is 0 Å². The number of benzene rings is 2. The summed E-state index contributed by atoms with van der Waals surface area (Å²) in [6, 6.07) is 36.6. The summed E-state index contributed by atoms with van der Waals surface area (Å²) in [7, 11) is 0. The molecule has 0 amide bonds. The van der Waals surface area contributed by atoms with Crippen LogP contribution in [0.1, 0.15) is 212 Å². The van der Waals surface area contributed by atoms with Crippen LogP contribution in [0, 0.1) is 0 Å². The van der Waals surface area contributed by atoms with Gasteiger partial charge in [-0.25, -0.2) is 0 Å². The zero-order valence-electron chi connectivity index (χ0n) is 49.8. The van der Waals surface area contributed by atoms with E-state index in [4.69, 9.17) is 19.9 Å². The molecule has 4 aromatic heterocycles. The van der Waals surface area contributed by atoms with Crippen LogP contribution in [0.4, 0.5) is 45.5 Å². The van der Waals surface area contributed by atoms with Crippen LogP contribution in [0.5, 0.6) is 0 Å². The highest BCUT2D eigenvalue weighted by Gasteiger charge is 2.46. The van der Waals surface area contributed by atoms with E-state index in [0.717, 1.165) is 103 Å². The fourth-order valence-corrected chi connectivity index (χ4v) is 9.44. The summed E-state index contributed by atoms with van der Waals surface area (Å²) in [4.78, 5) is 32.0. The van der Waals surface area contributed by atoms with Crippen molar-refractivity contribution in [2.24, 2.45) is 0 Å². The lowest BCUT2D eigenvalue weighted by Gasteiger charge is -2.36. The zero-order chi connectivity index (χ0) is 54.8. The quantitative estimate of drug-likeness (QED) is 0.173. The molecular weight excluding hydrogens is 905 g/mol. The molecule has 2 aromatic carbocycles. The summed E-state index contributed by atoms with van der Waals surface area (Å²) < 4.78 is 0. The maximum absolute atomic E-state index is 5.47. The van der Waals surface area contributed by atoms with Gasteiger partial charge < -0.3 is 0 Å². The molecule has 0 saturated heterocycles. The second-order valence-electron chi connectivity index (χ2n) is 29.3. The topological polar surface area (TPSA) is 64.5 Å². The van der Waals surface area contributed by atoms with Crippen molar-refractivity contribution < 1.29 is 0 Å². The van der Waals surface area contributed by atoms with E-state index in [1.165, 1.54) is 0 Å². The predicted octanol–water partition coefficient (Wildman–Crippen LogP) is 18.1. The van der Waals surface area contributed by atoms with Crippen molar-refractivity contribution in [3.8, 4) is 0 Å². The normalized spacial score (nSPS) is 15.1. The molecule has 8 heteroatoms. The molecule has 8 nitrogen and oxygen atoms in total. The van der Waals surface area contributed by atoms with E-state index in [0.29, 0.717) is 0 Å². The number of aromatic nitrogens is 4. The van der Waals surface area contributed by atoms with E-state index in [1.54, 1.807) is 0 Å². The van der Waals surface area contributed by atoms with Crippen molar-refractivity contribution in [1.82, 2.24) is 19.9 Å². The first kappa shape index (κ1) is 54.2.